The van der Waals surface area contributed by atoms with Crippen LogP contribution in [-0.4, -0.2) is 59.9 Å². The van der Waals surface area contributed by atoms with Gasteiger partial charge in [0.2, 0.25) is 11.8 Å². The van der Waals surface area contributed by atoms with Crippen LogP contribution in [0.2, 0.25) is 0 Å². The van der Waals surface area contributed by atoms with Crippen LogP contribution in [0.5, 0.6) is 0 Å². The Kier molecular flexibility index (Phi) is 3.73. The third-order valence-corrected chi connectivity index (χ3v) is 4.64. The van der Waals surface area contributed by atoms with Crippen LogP contribution in [0.1, 0.15) is 38.5 Å². The Labute approximate surface area is 114 Å². The second kappa shape index (κ2) is 5.49. The van der Waals surface area contributed by atoms with E-state index in [1.165, 1.54) is 12.8 Å². The molecule has 2 unspecified atom stereocenters. The van der Waals surface area contributed by atoms with Crippen molar-refractivity contribution >= 4 is 11.8 Å². The maximum atomic E-state index is 12.3. The monoisotopic (exact) mass is 265 g/mol. The lowest BCUT2D eigenvalue weighted by atomic mass is 10.1. The third-order valence-electron chi connectivity index (χ3n) is 4.64. The van der Waals surface area contributed by atoms with E-state index in [0.717, 1.165) is 45.3 Å². The van der Waals surface area contributed by atoms with Gasteiger partial charge in [-0.1, -0.05) is 0 Å². The van der Waals surface area contributed by atoms with Crippen LogP contribution in [0.25, 0.3) is 0 Å². The lowest BCUT2D eigenvalue weighted by Crippen LogP contribution is -2.57. The number of nitrogens with one attached hydrogen (secondary N) is 1. The predicted octanol–water partition coefficient (Wildman–Crippen LogP) is 0.352. The highest BCUT2D eigenvalue weighted by atomic mass is 16.2. The van der Waals surface area contributed by atoms with Crippen molar-refractivity contribution in [2.75, 3.05) is 26.2 Å². The molecule has 3 heterocycles. The van der Waals surface area contributed by atoms with Gasteiger partial charge >= 0.3 is 0 Å². The molecule has 2 atom stereocenters. The fraction of sp³-hybridized carbons (Fsp3) is 0.857. The van der Waals surface area contributed by atoms with E-state index in [4.69, 9.17) is 0 Å². The van der Waals surface area contributed by atoms with E-state index in [-0.39, 0.29) is 17.9 Å². The van der Waals surface area contributed by atoms with Crippen molar-refractivity contribution in [3.8, 4) is 0 Å². The summed E-state index contributed by atoms with van der Waals surface area (Å²) >= 11 is 0. The molecule has 3 fully saturated rings. The van der Waals surface area contributed by atoms with E-state index in [1.54, 1.807) is 9.80 Å². The fourth-order valence-electron chi connectivity index (χ4n) is 3.59. The molecule has 3 rings (SSSR count). The maximum Gasteiger partial charge on any atom is 0.245 e. The molecule has 3 saturated heterocycles. The van der Waals surface area contributed by atoms with Gasteiger partial charge in [-0.2, -0.15) is 0 Å². The SMILES string of the molecule is O=C1C2CCCN2C(=O)CN1CCCC1CCCN1. The normalized spacial score (nSPS) is 31.2. The van der Waals surface area contributed by atoms with Crippen LogP contribution in [0.3, 0.4) is 0 Å². The molecule has 0 bridgehead atoms. The zero-order chi connectivity index (χ0) is 13.2. The fourth-order valence-corrected chi connectivity index (χ4v) is 3.59. The first-order valence-corrected chi connectivity index (χ1v) is 7.57. The maximum absolute atomic E-state index is 12.3. The van der Waals surface area contributed by atoms with E-state index in [0.29, 0.717) is 12.6 Å². The van der Waals surface area contributed by atoms with Gasteiger partial charge in [0.1, 0.15) is 6.04 Å². The number of carbonyl (C=O) groups excluding carboxylic acids is 2. The van der Waals surface area contributed by atoms with Gasteiger partial charge in [0, 0.05) is 19.1 Å². The second-order valence-electron chi connectivity index (χ2n) is 5.94. The zero-order valence-corrected chi connectivity index (χ0v) is 11.4. The zero-order valence-electron chi connectivity index (χ0n) is 11.4. The molecule has 19 heavy (non-hydrogen) atoms. The topological polar surface area (TPSA) is 52.7 Å². The number of nitrogens with zero attached hydrogens (tertiary/aromatic N) is 2. The van der Waals surface area contributed by atoms with Crippen molar-refractivity contribution in [3.05, 3.63) is 0 Å². The lowest BCUT2D eigenvalue weighted by Gasteiger charge is -2.36. The van der Waals surface area contributed by atoms with Gasteiger partial charge in [0.15, 0.2) is 0 Å². The molecule has 3 aliphatic rings. The van der Waals surface area contributed by atoms with Crippen molar-refractivity contribution in [3.63, 3.8) is 0 Å². The molecule has 0 saturated carbocycles. The quantitative estimate of drug-likeness (QED) is 0.798. The Hall–Kier alpha value is -1.10. The highest BCUT2D eigenvalue weighted by Gasteiger charge is 2.41. The molecule has 0 radical (unpaired) electrons. The molecule has 106 valence electrons. The summed E-state index contributed by atoms with van der Waals surface area (Å²) in [6.07, 6.45) is 6.47. The molecule has 2 amide bonds. The van der Waals surface area contributed by atoms with Crippen molar-refractivity contribution in [2.24, 2.45) is 0 Å². The smallest absolute Gasteiger partial charge is 0.245 e. The van der Waals surface area contributed by atoms with E-state index in [9.17, 15) is 9.59 Å². The van der Waals surface area contributed by atoms with Crippen LogP contribution in [0.15, 0.2) is 0 Å². The Bertz CT molecular complexity index is 366. The summed E-state index contributed by atoms with van der Waals surface area (Å²) in [5.41, 5.74) is 0. The van der Waals surface area contributed by atoms with Crippen LogP contribution in [-0.2, 0) is 9.59 Å². The Morgan fingerprint density at radius 3 is 2.89 bits per heavy atom. The summed E-state index contributed by atoms with van der Waals surface area (Å²) in [6, 6.07) is 0.476. The largest absolute Gasteiger partial charge is 0.332 e. The van der Waals surface area contributed by atoms with Gasteiger partial charge in [-0.3, -0.25) is 9.59 Å². The Morgan fingerprint density at radius 1 is 1.21 bits per heavy atom. The number of hydrogen-bond donors (Lipinski definition) is 1. The molecule has 3 aliphatic heterocycles. The lowest BCUT2D eigenvalue weighted by molar-refractivity contribution is -0.153. The predicted molar refractivity (Wildman–Crippen MR) is 71.6 cm³/mol. The first-order chi connectivity index (χ1) is 9.25. The average molecular weight is 265 g/mol. The number of rotatable bonds is 4. The van der Waals surface area contributed by atoms with Crippen molar-refractivity contribution in [1.82, 2.24) is 15.1 Å². The van der Waals surface area contributed by atoms with Gasteiger partial charge in [-0.15, -0.1) is 0 Å². The molecule has 5 nitrogen and oxygen atoms in total. The first-order valence-electron chi connectivity index (χ1n) is 7.57. The molecule has 1 N–H and O–H groups in total. The van der Waals surface area contributed by atoms with Gasteiger partial charge in [-0.05, 0) is 45.1 Å². The van der Waals surface area contributed by atoms with Gasteiger partial charge in [0.25, 0.3) is 0 Å². The number of hydrogen-bond acceptors (Lipinski definition) is 3. The highest BCUT2D eigenvalue weighted by Crippen LogP contribution is 2.24. The molecule has 0 aromatic carbocycles. The molecular formula is C14H23N3O2. The summed E-state index contributed by atoms with van der Waals surface area (Å²) < 4.78 is 0. The molecule has 0 spiro atoms. The van der Waals surface area contributed by atoms with Crippen LogP contribution < -0.4 is 5.32 Å². The van der Waals surface area contributed by atoms with Crippen LogP contribution in [0, 0.1) is 0 Å². The molecule has 0 aromatic heterocycles. The minimum Gasteiger partial charge on any atom is -0.332 e. The second-order valence-corrected chi connectivity index (χ2v) is 5.94. The molecule has 0 aromatic rings. The number of amides is 2. The van der Waals surface area contributed by atoms with E-state index in [1.807, 2.05) is 0 Å². The van der Waals surface area contributed by atoms with Crippen molar-refractivity contribution in [1.29, 1.82) is 0 Å². The van der Waals surface area contributed by atoms with Crippen LogP contribution in [0.4, 0.5) is 0 Å². The van der Waals surface area contributed by atoms with E-state index in [2.05, 4.69) is 5.32 Å². The molecule has 5 heteroatoms. The average Bonchev–Trinajstić information content (AvgIpc) is 3.06. The van der Waals surface area contributed by atoms with E-state index < -0.39 is 0 Å². The number of piperazine rings is 1. The number of carbonyl (C=O) groups is 2. The summed E-state index contributed by atoms with van der Waals surface area (Å²) in [7, 11) is 0. The van der Waals surface area contributed by atoms with Crippen LogP contribution >= 0.6 is 0 Å². The van der Waals surface area contributed by atoms with Gasteiger partial charge < -0.3 is 15.1 Å². The standard InChI is InChI=1S/C14H23N3O2/c18-13-10-16(8-2-5-11-4-1-7-15-11)14(19)12-6-3-9-17(12)13/h11-12,15H,1-10H2. The molecule has 0 aliphatic carbocycles. The number of fused-ring (bicyclic) bond motifs is 1. The summed E-state index contributed by atoms with van der Waals surface area (Å²) in [5, 5.41) is 3.47. The third kappa shape index (κ3) is 2.61. The summed E-state index contributed by atoms with van der Waals surface area (Å²) in [5.74, 6) is 0.317. The highest BCUT2D eigenvalue weighted by molar-refractivity contribution is 5.95. The minimum atomic E-state index is -0.147. The van der Waals surface area contributed by atoms with Gasteiger partial charge in [0.05, 0.1) is 6.54 Å². The summed E-state index contributed by atoms with van der Waals surface area (Å²) in [4.78, 5) is 27.8. The Balaban J connectivity index is 1.50. The van der Waals surface area contributed by atoms with Crippen molar-refractivity contribution in [2.45, 2.75) is 50.6 Å². The van der Waals surface area contributed by atoms with E-state index >= 15 is 0 Å². The van der Waals surface area contributed by atoms with Gasteiger partial charge in [-0.25, -0.2) is 0 Å². The van der Waals surface area contributed by atoms with Crippen molar-refractivity contribution < 1.29 is 9.59 Å². The summed E-state index contributed by atoms with van der Waals surface area (Å²) in [6.45, 7) is 2.94. The minimum absolute atomic E-state index is 0.140. The molecular weight excluding hydrogens is 242 g/mol. The first kappa shape index (κ1) is 12.9. The Morgan fingerprint density at radius 2 is 2.11 bits per heavy atom.